The van der Waals surface area contributed by atoms with Gasteiger partial charge in [0.1, 0.15) is 18.5 Å². The molecule has 1 aromatic rings. The first-order valence-corrected chi connectivity index (χ1v) is 8.07. The van der Waals surface area contributed by atoms with Crippen molar-refractivity contribution in [2.45, 2.75) is 46.6 Å². The normalized spacial score (nSPS) is 18.7. The lowest BCUT2D eigenvalue weighted by Gasteiger charge is -2.31. The first kappa shape index (κ1) is 16.3. The van der Waals surface area contributed by atoms with Gasteiger partial charge < -0.3 is 14.7 Å². The maximum absolute atomic E-state index is 10.2. The van der Waals surface area contributed by atoms with Gasteiger partial charge in [-0.2, -0.15) is 0 Å². The molecular formula is C18H29NO2. The summed E-state index contributed by atoms with van der Waals surface area (Å²) in [5, 5.41) is 10.2. The summed E-state index contributed by atoms with van der Waals surface area (Å²) in [5.41, 5.74) is 3.54. The molecular weight excluding hydrogens is 262 g/mol. The lowest BCUT2D eigenvalue weighted by atomic mass is 9.99. The average molecular weight is 291 g/mol. The number of aryl methyl sites for hydroxylation is 2. The van der Waals surface area contributed by atoms with Crippen molar-refractivity contribution in [1.29, 1.82) is 0 Å². The quantitative estimate of drug-likeness (QED) is 0.905. The number of ether oxygens (including phenoxy) is 1. The second-order valence-corrected chi connectivity index (χ2v) is 6.60. The van der Waals surface area contributed by atoms with Crippen LogP contribution in [-0.4, -0.2) is 42.4 Å². The summed E-state index contributed by atoms with van der Waals surface area (Å²) in [6.07, 6.45) is 2.06. The van der Waals surface area contributed by atoms with Gasteiger partial charge in [0.2, 0.25) is 0 Å². The molecule has 0 bridgehead atoms. The van der Waals surface area contributed by atoms with Gasteiger partial charge in [0.15, 0.2) is 0 Å². The number of hydrogen-bond acceptors (Lipinski definition) is 3. The second-order valence-electron chi connectivity index (χ2n) is 6.60. The van der Waals surface area contributed by atoms with E-state index in [1.165, 1.54) is 24.0 Å². The molecule has 0 amide bonds. The van der Waals surface area contributed by atoms with Crippen LogP contribution in [0.3, 0.4) is 0 Å². The fraction of sp³-hybridized carbons (Fsp3) is 0.667. The van der Waals surface area contributed by atoms with Crippen molar-refractivity contribution in [2.24, 2.45) is 5.92 Å². The Morgan fingerprint density at radius 2 is 1.81 bits per heavy atom. The predicted octanol–water partition coefficient (Wildman–Crippen LogP) is 3.08. The smallest absolute Gasteiger partial charge is 0.125 e. The van der Waals surface area contributed by atoms with Gasteiger partial charge in [-0.1, -0.05) is 19.1 Å². The average Bonchev–Trinajstić information content (AvgIpc) is 2.45. The summed E-state index contributed by atoms with van der Waals surface area (Å²) in [4.78, 5) is 2.35. The number of likely N-dealkylation sites (tertiary alicyclic amines) is 1. The number of rotatable bonds is 5. The highest BCUT2D eigenvalue weighted by molar-refractivity contribution is 5.44. The molecule has 0 radical (unpaired) electrons. The molecule has 0 unspecified atom stereocenters. The van der Waals surface area contributed by atoms with Crippen LogP contribution in [0.15, 0.2) is 12.1 Å². The molecule has 1 atom stereocenters. The van der Waals surface area contributed by atoms with Crippen molar-refractivity contribution >= 4 is 0 Å². The van der Waals surface area contributed by atoms with Crippen molar-refractivity contribution in [3.8, 4) is 5.75 Å². The Morgan fingerprint density at radius 1 is 1.19 bits per heavy atom. The molecule has 1 aliphatic rings. The monoisotopic (exact) mass is 291 g/mol. The Kier molecular flexibility index (Phi) is 5.65. The summed E-state index contributed by atoms with van der Waals surface area (Å²) in [6.45, 7) is 11.8. The van der Waals surface area contributed by atoms with Gasteiger partial charge in [-0.15, -0.1) is 0 Å². The van der Waals surface area contributed by atoms with E-state index in [1.807, 2.05) is 0 Å². The fourth-order valence-electron chi connectivity index (χ4n) is 2.92. The van der Waals surface area contributed by atoms with Crippen LogP contribution in [0.4, 0.5) is 0 Å². The zero-order valence-corrected chi connectivity index (χ0v) is 13.9. The van der Waals surface area contributed by atoms with E-state index in [1.54, 1.807) is 0 Å². The van der Waals surface area contributed by atoms with Crippen molar-refractivity contribution < 1.29 is 9.84 Å². The third kappa shape index (κ3) is 4.45. The Morgan fingerprint density at radius 3 is 2.48 bits per heavy atom. The number of benzene rings is 1. The summed E-state index contributed by atoms with van der Waals surface area (Å²) in [7, 11) is 0. The van der Waals surface area contributed by atoms with Crippen LogP contribution in [0.1, 0.15) is 36.5 Å². The molecule has 0 aromatic heterocycles. The minimum Gasteiger partial charge on any atom is -0.490 e. The van der Waals surface area contributed by atoms with Gasteiger partial charge >= 0.3 is 0 Å². The first-order chi connectivity index (χ1) is 9.97. The van der Waals surface area contributed by atoms with Gasteiger partial charge in [-0.3, -0.25) is 0 Å². The Hall–Kier alpha value is -1.06. The molecule has 0 spiro atoms. The van der Waals surface area contributed by atoms with Crippen molar-refractivity contribution in [3.05, 3.63) is 28.8 Å². The molecule has 1 saturated heterocycles. The highest BCUT2D eigenvalue weighted by Crippen LogP contribution is 2.26. The third-order valence-electron chi connectivity index (χ3n) is 4.64. The maximum Gasteiger partial charge on any atom is 0.125 e. The van der Waals surface area contributed by atoms with Gasteiger partial charge in [0, 0.05) is 6.54 Å². The highest BCUT2D eigenvalue weighted by atomic mass is 16.5. The Bertz CT molecular complexity index is 465. The summed E-state index contributed by atoms with van der Waals surface area (Å²) in [6, 6.07) is 4.19. The number of β-amino-alcohol motifs (C(OH)–C–C–N with tert-alkyl or cyclic N) is 1. The molecule has 1 aliphatic heterocycles. The van der Waals surface area contributed by atoms with Crippen LogP contribution in [0, 0.1) is 26.7 Å². The molecule has 1 fully saturated rings. The molecule has 3 nitrogen and oxygen atoms in total. The van der Waals surface area contributed by atoms with Crippen LogP contribution in [0.2, 0.25) is 0 Å². The fourth-order valence-corrected chi connectivity index (χ4v) is 2.92. The van der Waals surface area contributed by atoms with Crippen molar-refractivity contribution in [1.82, 2.24) is 4.90 Å². The molecule has 118 valence electrons. The topological polar surface area (TPSA) is 32.7 Å². The predicted molar refractivity (Wildman–Crippen MR) is 87.0 cm³/mol. The van der Waals surface area contributed by atoms with E-state index < -0.39 is 6.10 Å². The molecule has 3 heteroatoms. The van der Waals surface area contributed by atoms with Gasteiger partial charge in [0.05, 0.1) is 0 Å². The summed E-state index contributed by atoms with van der Waals surface area (Å²) < 4.78 is 5.90. The van der Waals surface area contributed by atoms with Gasteiger partial charge in [-0.05, 0) is 69.3 Å². The van der Waals surface area contributed by atoms with Crippen LogP contribution < -0.4 is 4.74 Å². The van der Waals surface area contributed by atoms with Crippen LogP contribution >= 0.6 is 0 Å². The first-order valence-electron chi connectivity index (χ1n) is 8.07. The van der Waals surface area contributed by atoms with Gasteiger partial charge in [0.25, 0.3) is 0 Å². The lowest BCUT2D eigenvalue weighted by molar-refractivity contribution is 0.0559. The molecule has 1 heterocycles. The van der Waals surface area contributed by atoms with E-state index in [0.717, 1.165) is 36.9 Å². The highest BCUT2D eigenvalue weighted by Gasteiger charge is 2.19. The number of hydrogen-bond donors (Lipinski definition) is 1. The van der Waals surface area contributed by atoms with Gasteiger partial charge in [-0.25, -0.2) is 0 Å². The standard InChI is InChI=1S/C18H29NO2/c1-13-7-9-19(10-8-13)11-17(20)12-21-18-15(3)6-5-14(2)16(18)4/h5-6,13,17,20H,7-12H2,1-4H3/t17-/m0/s1. The second kappa shape index (κ2) is 7.28. The van der Waals surface area contributed by atoms with E-state index in [-0.39, 0.29) is 0 Å². The van der Waals surface area contributed by atoms with E-state index >= 15 is 0 Å². The van der Waals surface area contributed by atoms with Crippen LogP contribution in [0.25, 0.3) is 0 Å². The Balaban J connectivity index is 1.84. The van der Waals surface area contributed by atoms with Crippen molar-refractivity contribution in [3.63, 3.8) is 0 Å². The maximum atomic E-state index is 10.2. The van der Waals surface area contributed by atoms with E-state index in [2.05, 4.69) is 44.7 Å². The van der Waals surface area contributed by atoms with Crippen LogP contribution in [0.5, 0.6) is 5.75 Å². The largest absolute Gasteiger partial charge is 0.490 e. The van der Waals surface area contributed by atoms with Crippen LogP contribution in [-0.2, 0) is 0 Å². The molecule has 2 rings (SSSR count). The third-order valence-corrected chi connectivity index (χ3v) is 4.64. The SMILES string of the molecule is Cc1ccc(C)c(OC[C@@H](O)CN2CCC(C)CC2)c1C. The number of aliphatic hydroxyl groups is 1. The molecule has 1 N–H and O–H groups in total. The van der Waals surface area contributed by atoms with E-state index in [4.69, 9.17) is 4.74 Å². The summed E-state index contributed by atoms with van der Waals surface area (Å²) >= 11 is 0. The van der Waals surface area contributed by atoms with E-state index in [0.29, 0.717) is 6.61 Å². The Labute approximate surface area is 128 Å². The minimum absolute atomic E-state index is 0.372. The molecule has 0 aliphatic carbocycles. The molecule has 1 aromatic carbocycles. The number of piperidine rings is 1. The zero-order chi connectivity index (χ0) is 15.4. The number of aliphatic hydroxyl groups excluding tert-OH is 1. The zero-order valence-electron chi connectivity index (χ0n) is 13.9. The number of nitrogens with zero attached hydrogens (tertiary/aromatic N) is 1. The lowest BCUT2D eigenvalue weighted by Crippen LogP contribution is -2.40. The summed E-state index contributed by atoms with van der Waals surface area (Å²) in [5.74, 6) is 1.76. The van der Waals surface area contributed by atoms with E-state index in [9.17, 15) is 5.11 Å². The molecule has 21 heavy (non-hydrogen) atoms. The molecule has 0 saturated carbocycles. The van der Waals surface area contributed by atoms with Crippen molar-refractivity contribution in [2.75, 3.05) is 26.2 Å². The minimum atomic E-state index is -0.419.